The lowest BCUT2D eigenvalue weighted by Crippen LogP contribution is -2.38. The molecule has 0 radical (unpaired) electrons. The van der Waals surface area contributed by atoms with Crippen LogP contribution in [0.2, 0.25) is 0 Å². The number of nitrogens with one attached hydrogen (secondary N) is 1. The van der Waals surface area contributed by atoms with E-state index in [9.17, 15) is 14.4 Å². The molecule has 1 N–H and O–H groups in total. The van der Waals surface area contributed by atoms with E-state index in [0.717, 1.165) is 15.5 Å². The van der Waals surface area contributed by atoms with Gasteiger partial charge in [-0.1, -0.05) is 30.0 Å². The second-order valence-corrected chi connectivity index (χ2v) is 7.12. The average Bonchev–Trinajstić information content (AvgIpc) is 3.12. The highest BCUT2D eigenvalue weighted by Crippen LogP contribution is 2.23. The van der Waals surface area contributed by atoms with Crippen LogP contribution in [0.5, 0.6) is 0 Å². The Morgan fingerprint density at radius 2 is 1.86 bits per heavy atom. The first-order valence-electron chi connectivity index (χ1n) is 8.38. The van der Waals surface area contributed by atoms with Crippen molar-refractivity contribution in [1.82, 2.24) is 23.7 Å². The molecule has 0 aliphatic heterocycles. The molecule has 0 aliphatic rings. The topological polar surface area (TPSA) is 103 Å². The molecule has 0 saturated carbocycles. The molecule has 0 aliphatic carbocycles. The highest BCUT2D eigenvalue weighted by molar-refractivity contribution is 7.99. The Morgan fingerprint density at radius 1 is 1.07 bits per heavy atom. The fourth-order valence-corrected chi connectivity index (χ4v) is 3.62. The molecule has 10 heteroatoms. The van der Waals surface area contributed by atoms with Gasteiger partial charge in [-0.3, -0.25) is 23.1 Å². The van der Waals surface area contributed by atoms with Crippen molar-refractivity contribution < 1.29 is 4.79 Å². The third kappa shape index (κ3) is 3.07. The van der Waals surface area contributed by atoms with Gasteiger partial charge in [-0.25, -0.2) is 4.79 Å². The van der Waals surface area contributed by atoms with Crippen LogP contribution in [0.25, 0.3) is 16.6 Å². The Labute approximate surface area is 162 Å². The number of hydrogen-bond acceptors (Lipinski definition) is 6. The van der Waals surface area contributed by atoms with Crippen molar-refractivity contribution >= 4 is 40.0 Å². The molecule has 4 rings (SSSR count). The molecule has 1 amide bonds. The van der Waals surface area contributed by atoms with Crippen LogP contribution in [-0.4, -0.2) is 35.4 Å². The lowest BCUT2D eigenvalue weighted by molar-refractivity contribution is -0.113. The number of hydrogen-bond donors (Lipinski definition) is 1. The summed E-state index contributed by atoms with van der Waals surface area (Å²) in [6.45, 7) is 0. The van der Waals surface area contributed by atoms with Gasteiger partial charge in [-0.2, -0.15) is 0 Å². The first-order valence-corrected chi connectivity index (χ1v) is 9.37. The van der Waals surface area contributed by atoms with E-state index in [2.05, 4.69) is 15.5 Å². The Morgan fingerprint density at radius 3 is 2.68 bits per heavy atom. The van der Waals surface area contributed by atoms with Crippen LogP contribution < -0.4 is 16.6 Å². The third-order valence-corrected chi connectivity index (χ3v) is 5.30. The van der Waals surface area contributed by atoms with Crippen LogP contribution >= 0.6 is 11.8 Å². The number of carbonyl (C=O) groups excluding carboxylic acids is 1. The van der Waals surface area contributed by atoms with Crippen molar-refractivity contribution in [3.8, 4) is 0 Å². The van der Waals surface area contributed by atoms with Crippen LogP contribution in [0.4, 0.5) is 5.82 Å². The predicted molar refractivity (Wildman–Crippen MR) is 107 cm³/mol. The number of rotatable bonds is 4. The molecule has 0 saturated heterocycles. The van der Waals surface area contributed by atoms with Gasteiger partial charge in [0.15, 0.2) is 10.8 Å². The molecule has 9 nitrogen and oxygen atoms in total. The third-order valence-electron chi connectivity index (χ3n) is 4.37. The Bertz CT molecular complexity index is 1340. The number of anilines is 1. The largest absolute Gasteiger partial charge is 0.332 e. The van der Waals surface area contributed by atoms with E-state index in [1.165, 1.54) is 36.5 Å². The molecule has 0 unspecified atom stereocenters. The zero-order valence-corrected chi connectivity index (χ0v) is 15.9. The fraction of sp³-hybridized carbons (Fsp3) is 0.167. The van der Waals surface area contributed by atoms with Crippen LogP contribution in [-0.2, 0) is 18.9 Å². The summed E-state index contributed by atoms with van der Waals surface area (Å²) in [6, 6.07) is 12.9. The lowest BCUT2D eigenvalue weighted by atomic mass is 10.2. The lowest BCUT2D eigenvalue weighted by Gasteiger charge is -2.10. The van der Waals surface area contributed by atoms with Crippen LogP contribution in [0, 0.1) is 0 Å². The molecule has 0 bridgehead atoms. The van der Waals surface area contributed by atoms with Crippen LogP contribution in [0.1, 0.15) is 0 Å². The highest BCUT2D eigenvalue weighted by Gasteiger charge is 2.13. The molecule has 0 atom stereocenters. The molecule has 3 heterocycles. The second kappa shape index (κ2) is 6.97. The molecule has 4 aromatic rings. The van der Waals surface area contributed by atoms with E-state index in [1.54, 1.807) is 0 Å². The number of pyridine rings is 1. The Kier molecular flexibility index (Phi) is 4.47. The Hall–Kier alpha value is -3.40. The molecule has 3 aromatic heterocycles. The van der Waals surface area contributed by atoms with Gasteiger partial charge in [-0.05, 0) is 23.6 Å². The minimum Gasteiger partial charge on any atom is -0.311 e. The first kappa shape index (κ1) is 18.0. The first-order chi connectivity index (χ1) is 13.5. The summed E-state index contributed by atoms with van der Waals surface area (Å²) in [6.07, 6.45) is 0. The molecule has 0 spiro atoms. The fourth-order valence-electron chi connectivity index (χ4n) is 2.87. The predicted octanol–water partition coefficient (Wildman–Crippen LogP) is 1.01. The summed E-state index contributed by atoms with van der Waals surface area (Å²) in [4.78, 5) is 36.1. The zero-order valence-electron chi connectivity index (χ0n) is 15.1. The minimum absolute atomic E-state index is 0.0490. The van der Waals surface area contributed by atoms with E-state index in [4.69, 9.17) is 0 Å². The number of carbonyl (C=O) groups is 1. The van der Waals surface area contributed by atoms with Crippen molar-refractivity contribution in [3.05, 3.63) is 63.3 Å². The highest BCUT2D eigenvalue weighted by atomic mass is 32.2. The quantitative estimate of drug-likeness (QED) is 0.517. The number of thioether (sulfide) groups is 1. The molecular weight excluding hydrogens is 380 g/mol. The number of aromatic nitrogens is 5. The summed E-state index contributed by atoms with van der Waals surface area (Å²) in [5.74, 6) is -0.159. The molecular formula is C18H16N6O3S. The maximum Gasteiger partial charge on any atom is 0.332 e. The van der Waals surface area contributed by atoms with Gasteiger partial charge >= 0.3 is 5.69 Å². The van der Waals surface area contributed by atoms with Crippen molar-refractivity contribution in [2.75, 3.05) is 11.1 Å². The summed E-state index contributed by atoms with van der Waals surface area (Å²) >= 11 is 1.22. The van der Waals surface area contributed by atoms with Crippen molar-refractivity contribution in [2.45, 2.75) is 5.16 Å². The number of nitrogens with zero attached hydrogens (tertiary/aromatic N) is 5. The maximum absolute atomic E-state index is 12.4. The van der Waals surface area contributed by atoms with Gasteiger partial charge in [0, 0.05) is 20.2 Å². The van der Waals surface area contributed by atoms with Crippen LogP contribution in [0.15, 0.2) is 57.2 Å². The summed E-state index contributed by atoms with van der Waals surface area (Å²) < 4.78 is 4.07. The van der Waals surface area contributed by atoms with Crippen molar-refractivity contribution in [1.29, 1.82) is 0 Å². The number of fused-ring (bicyclic) bond motifs is 3. The smallest absolute Gasteiger partial charge is 0.311 e. The molecule has 1 aromatic carbocycles. The monoisotopic (exact) mass is 396 g/mol. The minimum atomic E-state index is -0.509. The summed E-state index contributed by atoms with van der Waals surface area (Å²) in [5.41, 5.74) is 0.642. The summed E-state index contributed by atoms with van der Waals surface area (Å²) in [5, 5.41) is 12.5. The van der Waals surface area contributed by atoms with Gasteiger partial charge in [-0.15, -0.1) is 10.2 Å². The van der Waals surface area contributed by atoms with E-state index in [0.29, 0.717) is 10.8 Å². The van der Waals surface area contributed by atoms with Crippen molar-refractivity contribution in [3.63, 3.8) is 0 Å². The van der Waals surface area contributed by atoms with Crippen LogP contribution in [0.3, 0.4) is 0 Å². The summed E-state index contributed by atoms with van der Waals surface area (Å²) in [7, 11) is 2.87. The van der Waals surface area contributed by atoms with Gasteiger partial charge in [0.2, 0.25) is 5.91 Å². The average molecular weight is 396 g/mol. The van der Waals surface area contributed by atoms with E-state index >= 15 is 0 Å². The SMILES string of the molecule is Cn1c(NC(=O)CSc2nnc3ccc4ccccc4n23)cc(=O)n(C)c1=O. The van der Waals surface area contributed by atoms with E-state index in [-0.39, 0.29) is 17.5 Å². The Balaban J connectivity index is 1.57. The van der Waals surface area contributed by atoms with E-state index in [1.807, 2.05) is 40.8 Å². The van der Waals surface area contributed by atoms with Gasteiger partial charge in [0.05, 0.1) is 11.3 Å². The standard InChI is InChI=1S/C18H16N6O3S/c1-22-14(9-16(26)23(2)18(22)27)19-15(25)10-28-17-21-20-13-8-7-11-5-3-4-6-12(11)24(13)17/h3-9H,10H2,1-2H3,(H,19,25). The number of benzene rings is 1. The molecule has 142 valence electrons. The van der Waals surface area contributed by atoms with Gasteiger partial charge in [0.25, 0.3) is 5.56 Å². The molecule has 0 fully saturated rings. The maximum atomic E-state index is 12.4. The molecule has 28 heavy (non-hydrogen) atoms. The normalized spacial score (nSPS) is 11.2. The zero-order chi connectivity index (χ0) is 19.8. The number of para-hydroxylation sites is 1. The van der Waals surface area contributed by atoms with Crippen molar-refractivity contribution in [2.24, 2.45) is 14.1 Å². The second-order valence-electron chi connectivity index (χ2n) is 6.17. The van der Waals surface area contributed by atoms with Gasteiger partial charge < -0.3 is 5.32 Å². The number of amides is 1. The van der Waals surface area contributed by atoms with E-state index < -0.39 is 11.2 Å². The van der Waals surface area contributed by atoms with Gasteiger partial charge in [0.1, 0.15) is 5.82 Å².